The molecule has 162 valence electrons. The van der Waals surface area contributed by atoms with E-state index in [1.807, 2.05) is 43.2 Å². The Kier molecular flexibility index (Phi) is 6.16. The van der Waals surface area contributed by atoms with Gasteiger partial charge >= 0.3 is 0 Å². The maximum Gasteiger partial charge on any atom is 0.238 e. The number of ketones is 1. The van der Waals surface area contributed by atoms with Gasteiger partial charge in [0.05, 0.1) is 17.5 Å². The van der Waals surface area contributed by atoms with Crippen LogP contribution in [0.2, 0.25) is 0 Å². The van der Waals surface area contributed by atoms with Crippen LogP contribution in [-0.2, 0) is 14.8 Å². The Morgan fingerprint density at radius 1 is 1.23 bits per heavy atom. The fourth-order valence-electron chi connectivity index (χ4n) is 4.13. The number of amides is 1. The number of carbonyl (C=O) groups excluding carboxylic acids is 2. The molecule has 2 aromatic rings. The first kappa shape index (κ1) is 22.2. The van der Waals surface area contributed by atoms with Crippen molar-refractivity contribution in [3.05, 3.63) is 47.3 Å². The van der Waals surface area contributed by atoms with Gasteiger partial charge in [0, 0.05) is 35.7 Å². The van der Waals surface area contributed by atoms with Crippen LogP contribution in [0.5, 0.6) is 0 Å². The second kappa shape index (κ2) is 8.33. The summed E-state index contributed by atoms with van der Waals surface area (Å²) in [5.41, 5.74) is 2.96. The van der Waals surface area contributed by atoms with Gasteiger partial charge in [-0.2, -0.15) is 0 Å². The van der Waals surface area contributed by atoms with E-state index in [0.717, 1.165) is 17.1 Å². The highest BCUT2D eigenvalue weighted by Crippen LogP contribution is 2.23. The number of hydrogen-bond acceptors (Lipinski definition) is 5. The molecule has 1 atom stereocenters. The molecular formula is C21H28N4O4S. The summed E-state index contributed by atoms with van der Waals surface area (Å²) in [6.45, 7) is 9.04. The number of primary sulfonamides is 1. The van der Waals surface area contributed by atoms with E-state index in [4.69, 9.17) is 5.14 Å². The summed E-state index contributed by atoms with van der Waals surface area (Å²) in [5.74, 6) is 0.0168. The van der Waals surface area contributed by atoms with Crippen molar-refractivity contribution in [1.29, 1.82) is 0 Å². The third kappa shape index (κ3) is 4.33. The summed E-state index contributed by atoms with van der Waals surface area (Å²) >= 11 is 0. The highest BCUT2D eigenvalue weighted by Gasteiger charge is 2.33. The van der Waals surface area contributed by atoms with E-state index in [0.29, 0.717) is 18.7 Å². The fraction of sp³-hybridized carbons (Fsp3) is 0.429. The molecule has 1 aromatic heterocycles. The number of piperazine rings is 1. The molecule has 2 heterocycles. The average Bonchev–Trinajstić information content (AvgIpc) is 2.95. The smallest absolute Gasteiger partial charge is 0.238 e. The molecule has 1 fully saturated rings. The number of aryl methyl sites for hydroxylation is 1. The van der Waals surface area contributed by atoms with E-state index in [1.165, 1.54) is 12.1 Å². The van der Waals surface area contributed by atoms with Crippen LogP contribution in [0.4, 0.5) is 0 Å². The summed E-state index contributed by atoms with van der Waals surface area (Å²) in [7, 11) is -3.77. The Morgan fingerprint density at radius 3 is 2.43 bits per heavy atom. The predicted molar refractivity (Wildman–Crippen MR) is 114 cm³/mol. The lowest BCUT2D eigenvalue weighted by Crippen LogP contribution is -2.58. The van der Waals surface area contributed by atoms with Gasteiger partial charge in [0.1, 0.15) is 0 Å². The molecule has 3 rings (SSSR count). The molecule has 1 aromatic carbocycles. The number of carbonyl (C=O) groups is 2. The Balaban J connectivity index is 1.88. The third-order valence-electron chi connectivity index (χ3n) is 5.49. The minimum atomic E-state index is -3.77. The first-order valence-electron chi connectivity index (χ1n) is 9.88. The minimum absolute atomic E-state index is 0.0353. The standard InChI is InChI=1S/C21H28N4O4S/c1-13(2)20-21(27)23-9-10-24(20)12-19(26)18-11-14(3)25(15(18)4)16-5-7-17(8-6-16)30(22,28)29/h5-8,11,13,20H,9-10,12H2,1-4H3,(H,23,27)(H2,22,28,29). The molecular weight excluding hydrogens is 404 g/mol. The lowest BCUT2D eigenvalue weighted by molar-refractivity contribution is -0.130. The van der Waals surface area contributed by atoms with Gasteiger partial charge in [-0.05, 0) is 50.1 Å². The van der Waals surface area contributed by atoms with Crippen molar-refractivity contribution in [2.24, 2.45) is 11.1 Å². The normalized spacial score (nSPS) is 17.9. The van der Waals surface area contributed by atoms with E-state index >= 15 is 0 Å². The van der Waals surface area contributed by atoms with Crippen molar-refractivity contribution in [3.8, 4) is 5.69 Å². The van der Waals surface area contributed by atoms with E-state index in [9.17, 15) is 18.0 Å². The number of nitrogens with one attached hydrogen (secondary N) is 1. The van der Waals surface area contributed by atoms with Crippen molar-refractivity contribution in [1.82, 2.24) is 14.8 Å². The maximum atomic E-state index is 13.1. The number of Topliss-reactive ketones (excluding diaryl/α,β-unsaturated/α-hetero) is 1. The lowest BCUT2D eigenvalue weighted by Gasteiger charge is -2.36. The predicted octanol–water partition coefficient (Wildman–Crippen LogP) is 1.38. The van der Waals surface area contributed by atoms with Crippen LogP contribution in [0.25, 0.3) is 5.69 Å². The molecule has 3 N–H and O–H groups in total. The van der Waals surface area contributed by atoms with Crippen molar-refractivity contribution >= 4 is 21.7 Å². The Bertz CT molecular complexity index is 1070. The fourth-order valence-corrected chi connectivity index (χ4v) is 4.65. The Hall–Kier alpha value is -2.49. The van der Waals surface area contributed by atoms with Crippen LogP contribution in [0, 0.1) is 19.8 Å². The van der Waals surface area contributed by atoms with Crippen LogP contribution < -0.4 is 10.5 Å². The molecule has 8 nitrogen and oxygen atoms in total. The molecule has 1 aliphatic rings. The molecule has 30 heavy (non-hydrogen) atoms. The van der Waals surface area contributed by atoms with Gasteiger partial charge in [-0.15, -0.1) is 0 Å². The van der Waals surface area contributed by atoms with Crippen LogP contribution in [0.15, 0.2) is 35.2 Å². The molecule has 1 aliphatic heterocycles. The van der Waals surface area contributed by atoms with E-state index in [1.54, 1.807) is 12.1 Å². The van der Waals surface area contributed by atoms with Gasteiger partial charge in [-0.3, -0.25) is 14.5 Å². The van der Waals surface area contributed by atoms with Crippen molar-refractivity contribution in [2.75, 3.05) is 19.6 Å². The van der Waals surface area contributed by atoms with E-state index < -0.39 is 10.0 Å². The zero-order valence-corrected chi connectivity index (χ0v) is 18.5. The van der Waals surface area contributed by atoms with E-state index in [2.05, 4.69) is 5.32 Å². The average molecular weight is 433 g/mol. The van der Waals surface area contributed by atoms with Crippen LogP contribution in [0.1, 0.15) is 35.6 Å². The molecule has 0 saturated carbocycles. The van der Waals surface area contributed by atoms with Crippen LogP contribution in [-0.4, -0.2) is 55.3 Å². The number of hydrogen-bond donors (Lipinski definition) is 2. The first-order chi connectivity index (χ1) is 14.0. The second-order valence-electron chi connectivity index (χ2n) is 8.03. The number of nitrogens with two attached hydrogens (primary N) is 1. The summed E-state index contributed by atoms with van der Waals surface area (Å²) in [6, 6.07) is 7.74. The number of sulfonamides is 1. The van der Waals surface area contributed by atoms with Gasteiger partial charge in [0.15, 0.2) is 5.78 Å². The van der Waals surface area contributed by atoms with Gasteiger partial charge in [0.2, 0.25) is 15.9 Å². The first-order valence-corrected chi connectivity index (χ1v) is 11.4. The highest BCUT2D eigenvalue weighted by atomic mass is 32.2. The van der Waals surface area contributed by atoms with Crippen LogP contribution >= 0.6 is 0 Å². The molecule has 1 saturated heterocycles. The monoisotopic (exact) mass is 432 g/mol. The van der Waals surface area contributed by atoms with Gasteiger partial charge in [-0.1, -0.05) is 13.8 Å². The molecule has 0 aliphatic carbocycles. The quantitative estimate of drug-likeness (QED) is 0.670. The molecule has 0 spiro atoms. The second-order valence-corrected chi connectivity index (χ2v) is 9.59. The topological polar surface area (TPSA) is 114 Å². The van der Waals surface area contributed by atoms with Crippen molar-refractivity contribution < 1.29 is 18.0 Å². The summed E-state index contributed by atoms with van der Waals surface area (Å²) in [6.07, 6.45) is 0. The summed E-state index contributed by atoms with van der Waals surface area (Å²) < 4.78 is 24.9. The lowest BCUT2D eigenvalue weighted by atomic mass is 9.98. The highest BCUT2D eigenvalue weighted by molar-refractivity contribution is 7.89. The number of rotatable bonds is 6. The molecule has 1 unspecified atom stereocenters. The van der Waals surface area contributed by atoms with E-state index in [-0.39, 0.29) is 35.1 Å². The molecule has 0 radical (unpaired) electrons. The summed E-state index contributed by atoms with van der Waals surface area (Å²) in [5, 5.41) is 8.04. The van der Waals surface area contributed by atoms with Crippen molar-refractivity contribution in [2.45, 2.75) is 38.6 Å². The summed E-state index contributed by atoms with van der Waals surface area (Å²) in [4.78, 5) is 27.3. The minimum Gasteiger partial charge on any atom is -0.353 e. The van der Waals surface area contributed by atoms with Gasteiger partial charge in [-0.25, -0.2) is 13.6 Å². The Labute approximate surface area is 177 Å². The zero-order valence-electron chi connectivity index (χ0n) is 17.7. The molecule has 9 heteroatoms. The van der Waals surface area contributed by atoms with Gasteiger partial charge in [0.25, 0.3) is 0 Å². The number of aromatic nitrogens is 1. The Morgan fingerprint density at radius 2 is 1.87 bits per heavy atom. The molecule has 1 amide bonds. The molecule has 0 bridgehead atoms. The number of nitrogens with zero attached hydrogens (tertiary/aromatic N) is 2. The third-order valence-corrected chi connectivity index (χ3v) is 6.42. The van der Waals surface area contributed by atoms with Gasteiger partial charge < -0.3 is 9.88 Å². The maximum absolute atomic E-state index is 13.1. The largest absolute Gasteiger partial charge is 0.353 e. The SMILES string of the molecule is Cc1cc(C(=O)CN2CCNC(=O)C2C(C)C)c(C)n1-c1ccc(S(N)(=O)=O)cc1. The van der Waals surface area contributed by atoms with Crippen molar-refractivity contribution in [3.63, 3.8) is 0 Å². The zero-order chi connectivity index (χ0) is 22.2. The van der Waals surface area contributed by atoms with Crippen LogP contribution in [0.3, 0.4) is 0 Å². The number of benzene rings is 1.